The summed E-state index contributed by atoms with van der Waals surface area (Å²) in [5.74, 6) is 6.38. The van der Waals surface area contributed by atoms with E-state index in [1.807, 2.05) is 0 Å². The molecule has 1 aromatic rings. The molecule has 1 rings (SSSR count). The lowest BCUT2D eigenvalue weighted by Crippen LogP contribution is -2.04. The highest BCUT2D eigenvalue weighted by Gasteiger charge is 2.12. The van der Waals surface area contributed by atoms with Crippen molar-refractivity contribution in [2.24, 2.45) is 0 Å². The molecule has 0 radical (unpaired) electrons. The molecule has 1 aromatic carbocycles. The molecule has 0 fully saturated rings. The maximum Gasteiger partial charge on any atom is 0.341 e. The lowest BCUT2D eigenvalue weighted by molar-refractivity contribution is 0.0597. The Bertz CT molecular complexity index is 457. The third-order valence-electron chi connectivity index (χ3n) is 2.06. The molecule has 0 unspecified atom stereocenters. The van der Waals surface area contributed by atoms with Gasteiger partial charge in [-0.15, -0.1) is 11.6 Å². The van der Waals surface area contributed by atoms with Gasteiger partial charge in [0.1, 0.15) is 11.3 Å². The molecule has 17 heavy (non-hydrogen) atoms. The Balaban J connectivity index is 3.01. The molecular weight excluding hydrogens is 240 g/mol. The van der Waals surface area contributed by atoms with E-state index < -0.39 is 5.97 Å². The number of carbonyl (C=O) groups is 1. The number of esters is 1. The molecule has 0 N–H and O–H groups in total. The minimum absolute atomic E-state index is 0.387. The van der Waals surface area contributed by atoms with Crippen molar-refractivity contribution in [3.05, 3.63) is 29.3 Å². The fourth-order valence-electron chi connectivity index (χ4n) is 1.26. The summed E-state index contributed by atoms with van der Waals surface area (Å²) in [6.45, 7) is 0. The average molecular weight is 253 g/mol. The van der Waals surface area contributed by atoms with Gasteiger partial charge >= 0.3 is 5.97 Å². The number of ether oxygens (including phenoxy) is 2. The summed E-state index contributed by atoms with van der Waals surface area (Å²) in [6.07, 6.45) is 0.628. The second-order valence-electron chi connectivity index (χ2n) is 3.15. The van der Waals surface area contributed by atoms with Crippen LogP contribution in [0, 0.1) is 11.8 Å². The van der Waals surface area contributed by atoms with Gasteiger partial charge in [-0.1, -0.05) is 11.8 Å². The molecule has 0 spiro atoms. The van der Waals surface area contributed by atoms with Crippen LogP contribution in [0.15, 0.2) is 18.2 Å². The van der Waals surface area contributed by atoms with Crippen LogP contribution in [-0.4, -0.2) is 26.1 Å². The molecule has 3 nitrogen and oxygen atoms in total. The number of alkyl halides is 1. The topological polar surface area (TPSA) is 35.5 Å². The predicted octanol–water partition coefficient (Wildman–Crippen LogP) is 2.46. The molecule has 0 saturated heterocycles. The van der Waals surface area contributed by atoms with Gasteiger partial charge in [-0.05, 0) is 18.2 Å². The second-order valence-corrected chi connectivity index (χ2v) is 3.53. The molecule has 0 aliphatic rings. The van der Waals surface area contributed by atoms with Crippen LogP contribution >= 0.6 is 11.6 Å². The highest BCUT2D eigenvalue weighted by Crippen LogP contribution is 2.20. The van der Waals surface area contributed by atoms with E-state index in [2.05, 4.69) is 16.6 Å². The van der Waals surface area contributed by atoms with Crippen molar-refractivity contribution in [3.8, 4) is 17.6 Å². The lowest BCUT2D eigenvalue weighted by Gasteiger charge is -2.06. The van der Waals surface area contributed by atoms with Crippen molar-refractivity contribution in [2.75, 3.05) is 20.1 Å². The van der Waals surface area contributed by atoms with Crippen LogP contribution in [-0.2, 0) is 4.74 Å². The molecular formula is C13H13ClO3. The van der Waals surface area contributed by atoms with Crippen LogP contribution in [0.5, 0.6) is 5.75 Å². The van der Waals surface area contributed by atoms with E-state index >= 15 is 0 Å². The Hall–Kier alpha value is -1.66. The van der Waals surface area contributed by atoms with Gasteiger partial charge in [0.05, 0.1) is 14.2 Å². The van der Waals surface area contributed by atoms with Crippen LogP contribution in [0.3, 0.4) is 0 Å². The number of rotatable bonds is 3. The van der Waals surface area contributed by atoms with Crippen LogP contribution in [0.25, 0.3) is 0 Å². The molecule has 0 aromatic heterocycles. The summed E-state index contributed by atoms with van der Waals surface area (Å²) in [4.78, 5) is 11.4. The van der Waals surface area contributed by atoms with Crippen LogP contribution in [0.1, 0.15) is 22.3 Å². The number of benzene rings is 1. The summed E-state index contributed by atoms with van der Waals surface area (Å²) < 4.78 is 9.77. The molecule has 0 amide bonds. The average Bonchev–Trinajstić information content (AvgIpc) is 2.38. The minimum atomic E-state index is -0.429. The van der Waals surface area contributed by atoms with Crippen molar-refractivity contribution in [1.82, 2.24) is 0 Å². The van der Waals surface area contributed by atoms with E-state index in [9.17, 15) is 4.79 Å². The molecule has 0 atom stereocenters. The van der Waals surface area contributed by atoms with E-state index in [1.54, 1.807) is 18.2 Å². The van der Waals surface area contributed by atoms with Gasteiger partial charge in [0.25, 0.3) is 0 Å². The monoisotopic (exact) mass is 252 g/mol. The van der Waals surface area contributed by atoms with Gasteiger partial charge in [-0.25, -0.2) is 4.79 Å². The Morgan fingerprint density at radius 2 is 2.18 bits per heavy atom. The normalized spacial score (nSPS) is 9.12. The fraction of sp³-hybridized carbons (Fsp3) is 0.308. The summed E-state index contributed by atoms with van der Waals surface area (Å²) in [7, 11) is 2.83. The van der Waals surface area contributed by atoms with Crippen LogP contribution in [0.2, 0.25) is 0 Å². The Labute approximate surface area is 106 Å². The number of hydrogen-bond acceptors (Lipinski definition) is 3. The van der Waals surface area contributed by atoms with Crippen molar-refractivity contribution < 1.29 is 14.3 Å². The highest BCUT2D eigenvalue weighted by atomic mass is 35.5. The second kappa shape index (κ2) is 6.82. The van der Waals surface area contributed by atoms with E-state index in [4.69, 9.17) is 16.3 Å². The predicted molar refractivity (Wildman–Crippen MR) is 66.5 cm³/mol. The zero-order valence-electron chi connectivity index (χ0n) is 9.75. The summed E-state index contributed by atoms with van der Waals surface area (Å²) in [5.41, 5.74) is 1.16. The largest absolute Gasteiger partial charge is 0.496 e. The van der Waals surface area contributed by atoms with Gasteiger partial charge in [-0.2, -0.15) is 0 Å². The first-order valence-corrected chi connectivity index (χ1v) is 5.57. The van der Waals surface area contributed by atoms with Crippen molar-refractivity contribution in [1.29, 1.82) is 0 Å². The molecule has 0 saturated carbocycles. The molecule has 0 bridgehead atoms. The number of hydrogen-bond donors (Lipinski definition) is 0. The Kier molecular flexibility index (Phi) is 5.38. The minimum Gasteiger partial charge on any atom is -0.496 e. The first-order chi connectivity index (χ1) is 8.22. The molecule has 0 aliphatic heterocycles. The van der Waals surface area contributed by atoms with Crippen molar-refractivity contribution in [3.63, 3.8) is 0 Å². The summed E-state index contributed by atoms with van der Waals surface area (Å²) in [5, 5.41) is 0. The smallest absolute Gasteiger partial charge is 0.341 e. The summed E-state index contributed by atoms with van der Waals surface area (Å²) >= 11 is 5.52. The maximum atomic E-state index is 11.4. The zero-order chi connectivity index (χ0) is 12.7. The third kappa shape index (κ3) is 3.69. The molecule has 90 valence electrons. The molecule has 0 heterocycles. The van der Waals surface area contributed by atoms with Gasteiger partial charge < -0.3 is 9.47 Å². The van der Waals surface area contributed by atoms with Crippen LogP contribution in [0.4, 0.5) is 0 Å². The maximum absolute atomic E-state index is 11.4. The van der Waals surface area contributed by atoms with Crippen molar-refractivity contribution >= 4 is 17.6 Å². The van der Waals surface area contributed by atoms with E-state index in [-0.39, 0.29) is 0 Å². The molecule has 0 aliphatic carbocycles. The fourth-order valence-corrected chi connectivity index (χ4v) is 1.35. The quantitative estimate of drug-likeness (QED) is 0.471. The first kappa shape index (κ1) is 13.4. The zero-order valence-corrected chi connectivity index (χ0v) is 10.5. The van der Waals surface area contributed by atoms with Gasteiger partial charge in [0, 0.05) is 17.9 Å². The SMILES string of the molecule is COC(=O)c1ccc(C#CCCCl)cc1OC. The number of methoxy groups -OCH3 is 2. The van der Waals surface area contributed by atoms with Crippen molar-refractivity contribution in [2.45, 2.75) is 6.42 Å². The highest BCUT2D eigenvalue weighted by molar-refractivity contribution is 6.18. The van der Waals surface area contributed by atoms with E-state index in [1.165, 1.54) is 14.2 Å². The first-order valence-electron chi connectivity index (χ1n) is 5.04. The molecule has 4 heteroatoms. The van der Waals surface area contributed by atoms with Gasteiger partial charge in [0.2, 0.25) is 0 Å². The Morgan fingerprint density at radius 1 is 1.41 bits per heavy atom. The number of halogens is 1. The third-order valence-corrected chi connectivity index (χ3v) is 2.25. The summed E-state index contributed by atoms with van der Waals surface area (Å²) in [6, 6.07) is 5.08. The standard InChI is InChI=1S/C13H13ClO3/c1-16-12-9-10(5-3-4-8-14)6-7-11(12)13(15)17-2/h6-7,9H,4,8H2,1-2H3. The van der Waals surface area contributed by atoms with E-state index in [0.29, 0.717) is 23.6 Å². The van der Waals surface area contributed by atoms with Gasteiger partial charge in [-0.3, -0.25) is 0 Å². The van der Waals surface area contributed by atoms with Gasteiger partial charge in [0.15, 0.2) is 0 Å². The Morgan fingerprint density at radius 3 is 2.76 bits per heavy atom. The lowest BCUT2D eigenvalue weighted by atomic mass is 10.1. The van der Waals surface area contributed by atoms with E-state index in [0.717, 1.165) is 5.56 Å². The van der Waals surface area contributed by atoms with Crippen LogP contribution < -0.4 is 4.74 Å². The number of carbonyl (C=O) groups excluding carboxylic acids is 1.